The van der Waals surface area contributed by atoms with Crippen molar-refractivity contribution < 1.29 is 0 Å². The molecule has 0 bridgehead atoms. The fourth-order valence-corrected chi connectivity index (χ4v) is 0.898. The van der Waals surface area contributed by atoms with Crippen molar-refractivity contribution in [2.24, 2.45) is 5.41 Å². The Hall–Kier alpha value is -0.990. The first-order chi connectivity index (χ1) is 5.08. The van der Waals surface area contributed by atoms with Gasteiger partial charge in [-0.3, -0.25) is 0 Å². The molecule has 0 aliphatic carbocycles. The van der Waals surface area contributed by atoms with Crippen LogP contribution in [0.25, 0.3) is 0 Å². The molecule has 0 N–H and O–H groups in total. The third-order valence-corrected chi connectivity index (χ3v) is 1.26. The van der Waals surface area contributed by atoms with Crippen LogP contribution in [0.5, 0.6) is 0 Å². The first-order valence-corrected chi connectivity index (χ1v) is 3.69. The van der Waals surface area contributed by atoms with Gasteiger partial charge in [-0.2, -0.15) is 5.10 Å². The van der Waals surface area contributed by atoms with Crippen molar-refractivity contribution in [2.45, 2.75) is 27.2 Å². The van der Waals surface area contributed by atoms with Crippen LogP contribution in [0.2, 0.25) is 0 Å². The highest BCUT2D eigenvalue weighted by Crippen LogP contribution is 2.17. The minimum absolute atomic E-state index is 0.274. The first-order valence-electron chi connectivity index (χ1n) is 3.69. The highest BCUT2D eigenvalue weighted by molar-refractivity contribution is 4.94. The van der Waals surface area contributed by atoms with E-state index in [1.165, 1.54) is 6.33 Å². The standard InChI is InChI=1S/C8H13N3/c1-8(2,3)4-7-5-10-11-6-9-7/h5-6H,4H2,1-3H3. The topological polar surface area (TPSA) is 38.7 Å². The highest BCUT2D eigenvalue weighted by atomic mass is 15.1. The molecule has 0 aliphatic rings. The summed E-state index contributed by atoms with van der Waals surface area (Å²) >= 11 is 0. The van der Waals surface area contributed by atoms with Crippen molar-refractivity contribution in [3.05, 3.63) is 18.2 Å². The maximum Gasteiger partial charge on any atom is 0.138 e. The molecule has 0 atom stereocenters. The minimum Gasteiger partial charge on any atom is -0.238 e. The van der Waals surface area contributed by atoms with Crippen molar-refractivity contribution in [1.29, 1.82) is 0 Å². The van der Waals surface area contributed by atoms with E-state index >= 15 is 0 Å². The van der Waals surface area contributed by atoms with E-state index in [1.807, 2.05) is 0 Å². The van der Waals surface area contributed by atoms with Crippen LogP contribution in [0, 0.1) is 5.41 Å². The van der Waals surface area contributed by atoms with E-state index in [1.54, 1.807) is 6.20 Å². The van der Waals surface area contributed by atoms with Gasteiger partial charge in [0.05, 0.1) is 11.9 Å². The Morgan fingerprint density at radius 2 is 2.00 bits per heavy atom. The van der Waals surface area contributed by atoms with Gasteiger partial charge in [0.15, 0.2) is 0 Å². The molecule has 3 heteroatoms. The first kappa shape index (κ1) is 8.11. The molecule has 1 aromatic rings. The van der Waals surface area contributed by atoms with Crippen molar-refractivity contribution in [1.82, 2.24) is 15.2 Å². The number of rotatable bonds is 1. The van der Waals surface area contributed by atoms with E-state index in [9.17, 15) is 0 Å². The Morgan fingerprint density at radius 1 is 1.27 bits per heavy atom. The average Bonchev–Trinajstić information content (AvgIpc) is 1.85. The summed E-state index contributed by atoms with van der Waals surface area (Å²) in [4.78, 5) is 4.09. The maximum atomic E-state index is 4.09. The number of nitrogens with zero attached hydrogens (tertiary/aromatic N) is 3. The zero-order valence-electron chi connectivity index (χ0n) is 7.20. The van der Waals surface area contributed by atoms with Gasteiger partial charge in [-0.05, 0) is 11.8 Å². The van der Waals surface area contributed by atoms with Crippen molar-refractivity contribution in [3.8, 4) is 0 Å². The van der Waals surface area contributed by atoms with Gasteiger partial charge in [-0.15, -0.1) is 5.10 Å². The van der Waals surface area contributed by atoms with Crippen molar-refractivity contribution >= 4 is 0 Å². The van der Waals surface area contributed by atoms with E-state index in [2.05, 4.69) is 36.0 Å². The van der Waals surface area contributed by atoms with Gasteiger partial charge >= 0.3 is 0 Å². The Morgan fingerprint density at radius 3 is 2.45 bits per heavy atom. The molecule has 1 heterocycles. The lowest BCUT2D eigenvalue weighted by Crippen LogP contribution is -2.10. The molecule has 1 aromatic heterocycles. The van der Waals surface area contributed by atoms with Gasteiger partial charge in [0.2, 0.25) is 0 Å². The summed E-state index contributed by atoms with van der Waals surface area (Å²) in [5, 5.41) is 7.37. The Labute approximate surface area is 66.9 Å². The summed E-state index contributed by atoms with van der Waals surface area (Å²) in [5.74, 6) is 0. The molecule has 0 saturated heterocycles. The fourth-order valence-electron chi connectivity index (χ4n) is 0.898. The van der Waals surface area contributed by atoms with Gasteiger partial charge in [-0.1, -0.05) is 20.8 Å². The van der Waals surface area contributed by atoms with Gasteiger partial charge < -0.3 is 0 Å². The van der Waals surface area contributed by atoms with Crippen molar-refractivity contribution in [2.75, 3.05) is 0 Å². The zero-order valence-corrected chi connectivity index (χ0v) is 7.20. The molecule has 0 spiro atoms. The van der Waals surface area contributed by atoms with Crippen LogP contribution in [-0.4, -0.2) is 15.2 Å². The lowest BCUT2D eigenvalue weighted by atomic mass is 9.91. The molecular weight excluding hydrogens is 138 g/mol. The third-order valence-electron chi connectivity index (χ3n) is 1.26. The summed E-state index contributed by atoms with van der Waals surface area (Å²) in [6.07, 6.45) is 4.15. The van der Waals surface area contributed by atoms with Crippen LogP contribution >= 0.6 is 0 Å². The van der Waals surface area contributed by atoms with E-state index in [4.69, 9.17) is 0 Å². The van der Waals surface area contributed by atoms with Gasteiger partial charge in [-0.25, -0.2) is 4.98 Å². The molecule has 3 nitrogen and oxygen atoms in total. The highest BCUT2D eigenvalue weighted by Gasteiger charge is 2.11. The number of hydrogen-bond acceptors (Lipinski definition) is 3. The molecule has 0 unspecified atom stereocenters. The number of aromatic nitrogens is 3. The van der Waals surface area contributed by atoms with E-state index in [-0.39, 0.29) is 5.41 Å². The second kappa shape index (κ2) is 2.95. The monoisotopic (exact) mass is 151 g/mol. The summed E-state index contributed by atoms with van der Waals surface area (Å²) in [7, 11) is 0. The summed E-state index contributed by atoms with van der Waals surface area (Å²) in [6, 6.07) is 0. The maximum absolute atomic E-state index is 4.09. The van der Waals surface area contributed by atoms with E-state index in [0.717, 1.165) is 12.1 Å². The van der Waals surface area contributed by atoms with Gasteiger partial charge in [0.1, 0.15) is 6.33 Å². The predicted octanol–water partition coefficient (Wildman–Crippen LogP) is 1.46. The lowest BCUT2D eigenvalue weighted by Gasteiger charge is -2.16. The van der Waals surface area contributed by atoms with E-state index < -0.39 is 0 Å². The van der Waals surface area contributed by atoms with Crippen LogP contribution < -0.4 is 0 Å². The normalized spacial score (nSPS) is 11.5. The SMILES string of the molecule is CC(C)(C)Cc1cnncn1. The molecule has 0 radical (unpaired) electrons. The quantitative estimate of drug-likeness (QED) is 0.610. The molecule has 0 fully saturated rings. The fraction of sp³-hybridized carbons (Fsp3) is 0.625. The summed E-state index contributed by atoms with van der Waals surface area (Å²) in [5.41, 5.74) is 1.28. The predicted molar refractivity (Wildman–Crippen MR) is 43.0 cm³/mol. The van der Waals surface area contributed by atoms with Crippen molar-refractivity contribution in [3.63, 3.8) is 0 Å². The molecule has 11 heavy (non-hydrogen) atoms. The van der Waals surface area contributed by atoms with E-state index in [0.29, 0.717) is 0 Å². The number of hydrogen-bond donors (Lipinski definition) is 0. The third kappa shape index (κ3) is 3.07. The zero-order chi connectivity index (χ0) is 8.32. The molecule has 0 saturated carbocycles. The van der Waals surface area contributed by atoms with Crippen LogP contribution in [-0.2, 0) is 6.42 Å². The largest absolute Gasteiger partial charge is 0.238 e. The molecule has 0 amide bonds. The van der Waals surface area contributed by atoms with Crippen LogP contribution in [0.3, 0.4) is 0 Å². The lowest BCUT2D eigenvalue weighted by molar-refractivity contribution is 0.405. The Bertz CT molecular complexity index is 213. The second-order valence-electron chi connectivity index (χ2n) is 3.83. The van der Waals surface area contributed by atoms with Crippen LogP contribution in [0.15, 0.2) is 12.5 Å². The van der Waals surface area contributed by atoms with Gasteiger partial charge in [0.25, 0.3) is 0 Å². The van der Waals surface area contributed by atoms with Crippen LogP contribution in [0.4, 0.5) is 0 Å². The smallest absolute Gasteiger partial charge is 0.138 e. The molecular formula is C8H13N3. The molecule has 1 rings (SSSR count). The molecule has 0 aromatic carbocycles. The Kier molecular flexibility index (Phi) is 2.17. The summed E-state index contributed by atoms with van der Waals surface area (Å²) < 4.78 is 0. The Balaban J connectivity index is 2.66. The van der Waals surface area contributed by atoms with Gasteiger partial charge in [0, 0.05) is 0 Å². The summed E-state index contributed by atoms with van der Waals surface area (Å²) in [6.45, 7) is 6.53. The molecule has 60 valence electrons. The minimum atomic E-state index is 0.274. The average molecular weight is 151 g/mol. The molecule has 0 aliphatic heterocycles. The van der Waals surface area contributed by atoms with Crippen LogP contribution in [0.1, 0.15) is 26.5 Å². The second-order valence-corrected chi connectivity index (χ2v) is 3.83.